The molecule has 4 saturated carbocycles. The maximum Gasteiger partial charge on any atom is 0.326 e. The molecule has 1 heterocycles. The maximum atomic E-state index is 14.7. The number of nitrogens with zero attached hydrogens (tertiary/aromatic N) is 2. The van der Waals surface area contributed by atoms with Gasteiger partial charge in [-0.1, -0.05) is 30.3 Å². The van der Waals surface area contributed by atoms with Crippen molar-refractivity contribution in [2.45, 2.75) is 50.3 Å². The lowest BCUT2D eigenvalue weighted by molar-refractivity contribution is -0.185. The van der Waals surface area contributed by atoms with E-state index in [1.165, 1.54) is 30.2 Å². The molecule has 1 atom stereocenters. The molecule has 4 aliphatic carbocycles. The number of aliphatic imine (C=N–C) groups is 1. The number of ether oxygens (including phenoxy) is 1. The van der Waals surface area contributed by atoms with E-state index >= 15 is 0 Å². The summed E-state index contributed by atoms with van der Waals surface area (Å²) in [4.78, 5) is 32.2. The lowest BCUT2D eigenvalue weighted by Crippen LogP contribution is -2.54. The van der Waals surface area contributed by atoms with E-state index in [-0.39, 0.29) is 12.1 Å². The van der Waals surface area contributed by atoms with Gasteiger partial charge in [-0.05, 0) is 74.5 Å². The number of anilines is 1. The third kappa shape index (κ3) is 3.63. The van der Waals surface area contributed by atoms with Gasteiger partial charge in [-0.2, -0.15) is 0 Å². The van der Waals surface area contributed by atoms with Crippen molar-refractivity contribution in [1.29, 1.82) is 0 Å². The Bertz CT molecular complexity index is 1160. The number of halogens is 1. The van der Waals surface area contributed by atoms with Crippen LogP contribution in [0.5, 0.6) is 0 Å². The van der Waals surface area contributed by atoms with Crippen molar-refractivity contribution in [3.05, 3.63) is 65.5 Å². The van der Waals surface area contributed by atoms with Crippen LogP contribution >= 0.6 is 0 Å². The summed E-state index contributed by atoms with van der Waals surface area (Å²) in [6.07, 6.45) is 5.27. The van der Waals surface area contributed by atoms with Crippen molar-refractivity contribution in [3.8, 4) is 0 Å². The smallest absolute Gasteiger partial charge is 0.326 e. The summed E-state index contributed by atoms with van der Waals surface area (Å²) < 4.78 is 20.8. The second-order valence-corrected chi connectivity index (χ2v) is 10.4. The number of hydrogen-bond acceptors (Lipinski definition) is 5. The number of carbonyl (C=O) groups is 2. The molecule has 6 nitrogen and oxygen atoms in total. The van der Waals surface area contributed by atoms with Gasteiger partial charge in [0.1, 0.15) is 18.0 Å². The molecule has 34 heavy (non-hydrogen) atoms. The molecule has 7 heteroatoms. The Morgan fingerprint density at radius 1 is 1.00 bits per heavy atom. The molecule has 7 rings (SSSR count). The molecule has 0 spiro atoms. The number of esters is 1. The fraction of sp³-hybridized carbons (Fsp3) is 0.444. The number of nitrogens with two attached hydrogens (primary N) is 1. The van der Waals surface area contributed by atoms with Crippen LogP contribution < -0.4 is 10.6 Å². The predicted octanol–water partition coefficient (Wildman–Crippen LogP) is 3.81. The summed E-state index contributed by atoms with van der Waals surface area (Å²) in [7, 11) is 0. The standard InChI is InChI=1S/C27H28FN3O3/c28-21-7-3-1-5-19(21)24-20-6-2-4-8-22(20)31(26(33)25(29)30-24)15-23(32)34-27-12-16-9-17(13-27)11-18(10-16)14-27/h1-8,16-18,25H,9-15,29H2. The van der Waals surface area contributed by atoms with E-state index in [0.29, 0.717) is 34.7 Å². The highest BCUT2D eigenvalue weighted by molar-refractivity contribution is 6.20. The Kier molecular flexibility index (Phi) is 5.06. The molecule has 0 aromatic heterocycles. The van der Waals surface area contributed by atoms with Crippen molar-refractivity contribution in [3.63, 3.8) is 0 Å². The average molecular weight is 462 g/mol. The minimum atomic E-state index is -1.26. The molecule has 5 aliphatic rings. The lowest BCUT2D eigenvalue weighted by Gasteiger charge is -2.55. The van der Waals surface area contributed by atoms with E-state index in [2.05, 4.69) is 4.99 Å². The van der Waals surface area contributed by atoms with Gasteiger partial charge in [0.15, 0.2) is 6.17 Å². The van der Waals surface area contributed by atoms with Crippen LogP contribution in [0, 0.1) is 23.6 Å². The zero-order valence-electron chi connectivity index (χ0n) is 19.0. The summed E-state index contributed by atoms with van der Waals surface area (Å²) in [6.45, 7) is -0.245. The molecule has 0 radical (unpaired) electrons. The predicted molar refractivity (Wildman–Crippen MR) is 126 cm³/mol. The summed E-state index contributed by atoms with van der Waals surface area (Å²) in [6, 6.07) is 13.3. The Hall–Kier alpha value is -3.06. The van der Waals surface area contributed by atoms with E-state index in [9.17, 15) is 14.0 Å². The van der Waals surface area contributed by atoms with Gasteiger partial charge >= 0.3 is 5.97 Å². The molecule has 2 aromatic rings. The van der Waals surface area contributed by atoms with Gasteiger partial charge in [0, 0.05) is 11.1 Å². The third-order valence-corrected chi connectivity index (χ3v) is 7.97. The largest absolute Gasteiger partial charge is 0.458 e. The van der Waals surface area contributed by atoms with Crippen LogP contribution in [0.1, 0.15) is 49.7 Å². The van der Waals surface area contributed by atoms with Crippen molar-refractivity contribution < 1.29 is 18.7 Å². The van der Waals surface area contributed by atoms with Gasteiger partial charge in [0.05, 0.1) is 11.4 Å². The molecule has 4 bridgehead atoms. The van der Waals surface area contributed by atoms with E-state index in [0.717, 1.165) is 19.3 Å². The topological polar surface area (TPSA) is 85.0 Å². The molecule has 2 N–H and O–H groups in total. The first-order chi connectivity index (χ1) is 16.4. The summed E-state index contributed by atoms with van der Waals surface area (Å²) >= 11 is 0. The summed E-state index contributed by atoms with van der Waals surface area (Å²) in [5.74, 6) is 0.539. The molecule has 4 fully saturated rings. The molecular weight excluding hydrogens is 433 g/mol. The highest BCUT2D eigenvalue weighted by Gasteiger charge is 2.53. The van der Waals surface area contributed by atoms with Crippen molar-refractivity contribution in [2.24, 2.45) is 28.5 Å². The second-order valence-electron chi connectivity index (χ2n) is 10.4. The lowest BCUT2D eigenvalue weighted by atomic mass is 9.54. The number of fused-ring (bicyclic) bond motifs is 1. The van der Waals surface area contributed by atoms with Gasteiger partial charge in [-0.25, -0.2) is 4.39 Å². The highest BCUT2D eigenvalue weighted by Crippen LogP contribution is 2.57. The number of para-hydroxylation sites is 1. The number of amides is 1. The first-order valence-corrected chi connectivity index (χ1v) is 12.1. The van der Waals surface area contributed by atoms with Crippen LogP contribution in [-0.4, -0.2) is 35.9 Å². The van der Waals surface area contributed by atoms with Gasteiger partial charge in [-0.15, -0.1) is 0 Å². The first kappa shape index (κ1) is 21.5. The Labute approximate surface area is 198 Å². The van der Waals surface area contributed by atoms with E-state index in [4.69, 9.17) is 10.5 Å². The Balaban J connectivity index is 1.30. The van der Waals surface area contributed by atoms with E-state index in [1.807, 2.05) is 0 Å². The monoisotopic (exact) mass is 461 g/mol. The number of carbonyl (C=O) groups excluding carboxylic acids is 2. The Morgan fingerprint density at radius 3 is 2.24 bits per heavy atom. The van der Waals surface area contributed by atoms with Crippen molar-refractivity contribution in [1.82, 2.24) is 0 Å². The molecule has 2 aromatic carbocycles. The quantitative estimate of drug-likeness (QED) is 0.702. The second kappa shape index (κ2) is 8.01. The average Bonchev–Trinajstić information content (AvgIpc) is 2.89. The fourth-order valence-corrected chi connectivity index (χ4v) is 7.04. The van der Waals surface area contributed by atoms with E-state index < -0.39 is 29.5 Å². The zero-order chi connectivity index (χ0) is 23.4. The summed E-state index contributed by atoms with van der Waals surface area (Å²) in [5, 5.41) is 0. The number of benzodiazepines with no additional fused rings is 1. The number of benzene rings is 2. The van der Waals surface area contributed by atoms with Crippen LogP contribution in [0.25, 0.3) is 0 Å². The molecule has 1 unspecified atom stereocenters. The fourth-order valence-electron chi connectivity index (χ4n) is 7.04. The van der Waals surface area contributed by atoms with Gasteiger partial charge in [0.25, 0.3) is 5.91 Å². The van der Waals surface area contributed by atoms with Crippen LogP contribution in [-0.2, 0) is 14.3 Å². The van der Waals surface area contributed by atoms with Crippen molar-refractivity contribution in [2.75, 3.05) is 11.4 Å². The van der Waals surface area contributed by atoms with Crippen LogP contribution in [0.15, 0.2) is 53.5 Å². The van der Waals surface area contributed by atoms with E-state index in [1.54, 1.807) is 42.5 Å². The third-order valence-electron chi connectivity index (χ3n) is 7.97. The molecule has 176 valence electrons. The maximum absolute atomic E-state index is 14.7. The molecule has 1 aliphatic heterocycles. The molecule has 0 saturated heterocycles. The normalized spacial score (nSPS) is 31.6. The van der Waals surface area contributed by atoms with Crippen molar-refractivity contribution >= 4 is 23.3 Å². The zero-order valence-corrected chi connectivity index (χ0v) is 19.0. The van der Waals surface area contributed by atoms with Crippen LogP contribution in [0.3, 0.4) is 0 Å². The minimum absolute atomic E-state index is 0.245. The SMILES string of the molecule is NC1N=C(c2ccccc2F)c2ccccc2N(CC(=O)OC23CC4CC(CC(C4)C2)C3)C1=O. The van der Waals surface area contributed by atoms with Crippen LogP contribution in [0.4, 0.5) is 10.1 Å². The van der Waals surface area contributed by atoms with Gasteiger partial charge in [0.2, 0.25) is 0 Å². The number of rotatable bonds is 4. The summed E-state index contributed by atoms with van der Waals surface area (Å²) in [5.41, 5.74) is 7.33. The first-order valence-electron chi connectivity index (χ1n) is 12.1. The van der Waals surface area contributed by atoms with Gasteiger partial charge < -0.3 is 10.5 Å². The highest BCUT2D eigenvalue weighted by atomic mass is 19.1. The van der Waals surface area contributed by atoms with Gasteiger partial charge in [-0.3, -0.25) is 19.5 Å². The Morgan fingerprint density at radius 2 is 1.59 bits per heavy atom. The van der Waals surface area contributed by atoms with Crippen LogP contribution in [0.2, 0.25) is 0 Å². The minimum Gasteiger partial charge on any atom is -0.458 e. The molecular formula is C27H28FN3O3. The molecule has 1 amide bonds. The number of hydrogen-bond donors (Lipinski definition) is 1.